The van der Waals surface area contributed by atoms with Crippen LogP contribution in [0.2, 0.25) is 5.02 Å². The van der Waals surface area contributed by atoms with Crippen molar-refractivity contribution in [3.05, 3.63) is 99.8 Å². The molecule has 1 N–H and O–H groups in total. The van der Waals surface area contributed by atoms with Crippen LogP contribution < -0.4 is 11.0 Å². The van der Waals surface area contributed by atoms with Crippen LogP contribution >= 0.6 is 23.4 Å². The summed E-state index contributed by atoms with van der Waals surface area (Å²) in [6.45, 7) is 0. The zero-order valence-electron chi connectivity index (χ0n) is 16.2. The lowest BCUT2D eigenvalue weighted by molar-refractivity contribution is -0.118. The van der Waals surface area contributed by atoms with Crippen LogP contribution in [0.25, 0.3) is 16.6 Å². The number of para-hydroxylation sites is 1. The first-order valence-electron chi connectivity index (χ1n) is 9.39. The van der Waals surface area contributed by atoms with E-state index in [0.717, 1.165) is 17.3 Å². The molecule has 0 aliphatic rings. The van der Waals surface area contributed by atoms with Gasteiger partial charge in [-0.25, -0.2) is 10.4 Å². The fourth-order valence-electron chi connectivity index (χ4n) is 2.91. The standard InChI is InChI=1S/C23H17ClN4O2S/c24-17-10-12-18(13-11-17)28-22(30)19-8-4-5-9-20(19)26-23(28)31-15-21(29)27-25-14-16-6-2-1-3-7-16/h1-14H,15H2,(H,27,29). The Morgan fingerprint density at radius 2 is 1.74 bits per heavy atom. The maximum atomic E-state index is 13.2. The topological polar surface area (TPSA) is 76.3 Å². The Hall–Kier alpha value is -3.42. The number of nitrogens with one attached hydrogen (secondary N) is 1. The average molecular weight is 449 g/mol. The van der Waals surface area contributed by atoms with Crippen molar-refractivity contribution < 1.29 is 4.79 Å². The molecule has 4 rings (SSSR count). The normalized spacial score (nSPS) is 11.1. The van der Waals surface area contributed by atoms with E-state index in [9.17, 15) is 9.59 Å². The van der Waals surface area contributed by atoms with Gasteiger partial charge in [0.15, 0.2) is 5.16 Å². The number of fused-ring (bicyclic) bond motifs is 1. The lowest BCUT2D eigenvalue weighted by atomic mass is 10.2. The molecule has 0 fully saturated rings. The highest BCUT2D eigenvalue weighted by Gasteiger charge is 2.14. The van der Waals surface area contributed by atoms with Gasteiger partial charge in [-0.15, -0.1) is 0 Å². The summed E-state index contributed by atoms with van der Waals surface area (Å²) < 4.78 is 1.49. The van der Waals surface area contributed by atoms with Crippen LogP contribution in [0, 0.1) is 0 Å². The Balaban J connectivity index is 1.58. The molecule has 1 amide bonds. The monoisotopic (exact) mass is 448 g/mol. The van der Waals surface area contributed by atoms with E-state index in [1.165, 1.54) is 4.57 Å². The van der Waals surface area contributed by atoms with E-state index in [1.807, 2.05) is 36.4 Å². The van der Waals surface area contributed by atoms with E-state index >= 15 is 0 Å². The summed E-state index contributed by atoms with van der Waals surface area (Å²) >= 11 is 7.16. The first kappa shape index (κ1) is 20.8. The molecule has 0 aliphatic carbocycles. The van der Waals surface area contributed by atoms with E-state index in [0.29, 0.717) is 26.8 Å². The van der Waals surface area contributed by atoms with Crippen LogP contribution in [-0.4, -0.2) is 27.4 Å². The molecule has 4 aromatic rings. The number of amides is 1. The fraction of sp³-hybridized carbons (Fsp3) is 0.0435. The Morgan fingerprint density at radius 1 is 1.03 bits per heavy atom. The molecular formula is C23H17ClN4O2S. The van der Waals surface area contributed by atoms with Gasteiger partial charge in [-0.3, -0.25) is 14.2 Å². The van der Waals surface area contributed by atoms with Gasteiger partial charge in [-0.1, -0.05) is 65.8 Å². The van der Waals surface area contributed by atoms with Gasteiger partial charge in [0.1, 0.15) is 0 Å². The number of benzene rings is 3. The number of rotatable bonds is 6. The summed E-state index contributed by atoms with van der Waals surface area (Å²) in [6.07, 6.45) is 1.57. The van der Waals surface area contributed by atoms with Crippen molar-refractivity contribution in [2.75, 3.05) is 5.75 Å². The maximum Gasteiger partial charge on any atom is 0.266 e. The molecule has 1 aromatic heterocycles. The van der Waals surface area contributed by atoms with Gasteiger partial charge in [0, 0.05) is 5.02 Å². The van der Waals surface area contributed by atoms with E-state index in [2.05, 4.69) is 15.5 Å². The second kappa shape index (κ2) is 9.59. The second-order valence-electron chi connectivity index (χ2n) is 6.52. The lowest BCUT2D eigenvalue weighted by Crippen LogP contribution is -2.24. The van der Waals surface area contributed by atoms with Gasteiger partial charge in [-0.05, 0) is 42.0 Å². The van der Waals surface area contributed by atoms with Crippen LogP contribution in [0.4, 0.5) is 0 Å². The molecule has 0 aliphatic heterocycles. The number of carbonyl (C=O) groups is 1. The highest BCUT2D eigenvalue weighted by Crippen LogP contribution is 2.22. The molecule has 0 spiro atoms. The number of nitrogens with zero attached hydrogens (tertiary/aromatic N) is 3. The molecule has 3 aromatic carbocycles. The molecule has 154 valence electrons. The first-order valence-corrected chi connectivity index (χ1v) is 10.8. The third-order valence-corrected chi connectivity index (χ3v) is 5.56. The quantitative estimate of drug-likeness (QED) is 0.207. The molecule has 31 heavy (non-hydrogen) atoms. The summed E-state index contributed by atoms with van der Waals surface area (Å²) in [5.41, 5.74) is 4.36. The highest BCUT2D eigenvalue weighted by atomic mass is 35.5. The zero-order valence-corrected chi connectivity index (χ0v) is 17.8. The van der Waals surface area contributed by atoms with Crippen molar-refractivity contribution >= 4 is 46.4 Å². The molecule has 0 saturated heterocycles. The molecule has 0 atom stereocenters. The van der Waals surface area contributed by atoms with E-state index < -0.39 is 0 Å². The minimum atomic E-state index is -0.303. The highest BCUT2D eigenvalue weighted by molar-refractivity contribution is 7.99. The van der Waals surface area contributed by atoms with Crippen LogP contribution in [0.3, 0.4) is 0 Å². The van der Waals surface area contributed by atoms with Crippen LogP contribution in [-0.2, 0) is 4.79 Å². The lowest BCUT2D eigenvalue weighted by Gasteiger charge is -2.13. The maximum absolute atomic E-state index is 13.2. The molecule has 0 unspecified atom stereocenters. The Bertz CT molecular complexity index is 1300. The molecule has 0 bridgehead atoms. The Morgan fingerprint density at radius 3 is 2.52 bits per heavy atom. The number of hydrazone groups is 1. The fourth-order valence-corrected chi connectivity index (χ4v) is 3.84. The molecule has 0 saturated carbocycles. The third-order valence-electron chi connectivity index (χ3n) is 4.36. The second-order valence-corrected chi connectivity index (χ2v) is 7.90. The summed E-state index contributed by atoms with van der Waals surface area (Å²) in [4.78, 5) is 30.0. The molecule has 6 nitrogen and oxygen atoms in total. The van der Waals surface area contributed by atoms with E-state index in [4.69, 9.17) is 11.6 Å². The van der Waals surface area contributed by atoms with Crippen LogP contribution in [0.5, 0.6) is 0 Å². The average Bonchev–Trinajstić information content (AvgIpc) is 2.79. The molecule has 8 heteroatoms. The van der Waals surface area contributed by atoms with Gasteiger partial charge in [0.25, 0.3) is 11.5 Å². The van der Waals surface area contributed by atoms with Crippen molar-refractivity contribution in [3.8, 4) is 5.69 Å². The summed E-state index contributed by atoms with van der Waals surface area (Å²) in [7, 11) is 0. The summed E-state index contributed by atoms with van der Waals surface area (Å²) in [5.74, 6) is -0.257. The predicted octanol–water partition coefficient (Wildman–Crippen LogP) is 4.28. The van der Waals surface area contributed by atoms with Crippen molar-refractivity contribution in [2.24, 2.45) is 5.10 Å². The van der Waals surface area contributed by atoms with Gasteiger partial charge >= 0.3 is 0 Å². The molecular weight excluding hydrogens is 432 g/mol. The zero-order chi connectivity index (χ0) is 21.6. The van der Waals surface area contributed by atoms with E-state index in [1.54, 1.807) is 48.7 Å². The van der Waals surface area contributed by atoms with Crippen molar-refractivity contribution in [1.29, 1.82) is 0 Å². The number of halogens is 1. The minimum absolute atomic E-state index is 0.0461. The summed E-state index contributed by atoms with van der Waals surface area (Å²) in [5, 5.41) is 5.44. The number of aromatic nitrogens is 2. The number of carbonyl (C=O) groups excluding carboxylic acids is 1. The smallest absolute Gasteiger partial charge is 0.266 e. The van der Waals surface area contributed by atoms with Gasteiger partial charge in [0.05, 0.1) is 28.6 Å². The molecule has 0 radical (unpaired) electrons. The molecule has 1 heterocycles. The predicted molar refractivity (Wildman–Crippen MR) is 125 cm³/mol. The van der Waals surface area contributed by atoms with Gasteiger partial charge in [-0.2, -0.15) is 5.10 Å². The number of hydrogen-bond acceptors (Lipinski definition) is 5. The van der Waals surface area contributed by atoms with Crippen molar-refractivity contribution in [2.45, 2.75) is 5.16 Å². The minimum Gasteiger partial charge on any atom is -0.272 e. The summed E-state index contributed by atoms with van der Waals surface area (Å²) in [6, 6.07) is 23.5. The largest absolute Gasteiger partial charge is 0.272 e. The SMILES string of the molecule is O=C(CSc1nc2ccccc2c(=O)n1-c1ccc(Cl)cc1)NN=Cc1ccccc1. The Kier molecular flexibility index (Phi) is 6.45. The number of thioether (sulfide) groups is 1. The third kappa shape index (κ3) is 5.02. The van der Waals surface area contributed by atoms with Crippen molar-refractivity contribution in [3.63, 3.8) is 0 Å². The van der Waals surface area contributed by atoms with Gasteiger partial charge in [0.2, 0.25) is 0 Å². The van der Waals surface area contributed by atoms with Gasteiger partial charge < -0.3 is 0 Å². The van der Waals surface area contributed by atoms with Crippen LogP contribution in [0.1, 0.15) is 5.56 Å². The van der Waals surface area contributed by atoms with Crippen molar-refractivity contribution in [1.82, 2.24) is 15.0 Å². The number of hydrogen-bond donors (Lipinski definition) is 1. The Labute approximate surface area is 187 Å². The van der Waals surface area contributed by atoms with E-state index in [-0.39, 0.29) is 17.2 Å². The first-order chi connectivity index (χ1) is 15.1. The van der Waals surface area contributed by atoms with Crippen LogP contribution in [0.15, 0.2) is 93.9 Å².